The van der Waals surface area contributed by atoms with Gasteiger partial charge in [-0.3, -0.25) is 9.69 Å². The summed E-state index contributed by atoms with van der Waals surface area (Å²) in [4.78, 5) is 21.1. The average Bonchev–Trinajstić information content (AvgIpc) is 3.29. The third kappa shape index (κ3) is 4.55. The highest BCUT2D eigenvalue weighted by Crippen LogP contribution is 2.28. The van der Waals surface area contributed by atoms with Crippen LogP contribution >= 0.6 is 11.6 Å². The minimum Gasteiger partial charge on any atom is -0.495 e. The van der Waals surface area contributed by atoms with E-state index in [1.54, 1.807) is 36.3 Å². The Morgan fingerprint density at radius 2 is 1.93 bits per heavy atom. The largest absolute Gasteiger partial charge is 0.495 e. The van der Waals surface area contributed by atoms with Crippen molar-refractivity contribution in [1.82, 2.24) is 19.7 Å². The van der Waals surface area contributed by atoms with Crippen LogP contribution in [0.4, 0.5) is 11.4 Å². The van der Waals surface area contributed by atoms with Crippen LogP contribution in [0.2, 0.25) is 5.02 Å². The number of carbonyl (C=O) groups is 1. The van der Waals surface area contributed by atoms with Gasteiger partial charge in [0.25, 0.3) is 0 Å². The van der Waals surface area contributed by atoms with E-state index < -0.39 is 0 Å². The number of aromatic nitrogens is 3. The molecule has 2 aromatic carbocycles. The van der Waals surface area contributed by atoms with Crippen molar-refractivity contribution in [2.45, 2.75) is 0 Å². The second-order valence-electron chi connectivity index (χ2n) is 6.98. The molecule has 3 aromatic rings. The predicted octanol–water partition coefficient (Wildman–Crippen LogP) is 2.69. The van der Waals surface area contributed by atoms with Crippen molar-refractivity contribution in [2.24, 2.45) is 0 Å². The second-order valence-corrected chi connectivity index (χ2v) is 7.42. The molecular weight excluding hydrogens is 404 g/mol. The van der Waals surface area contributed by atoms with Crippen molar-refractivity contribution in [3.63, 3.8) is 0 Å². The molecule has 30 heavy (non-hydrogen) atoms. The number of hydrogen-bond acceptors (Lipinski definition) is 6. The van der Waals surface area contributed by atoms with E-state index in [-0.39, 0.29) is 5.91 Å². The number of ether oxygens (including phenoxy) is 1. The van der Waals surface area contributed by atoms with Crippen LogP contribution in [0.1, 0.15) is 0 Å². The number of rotatable bonds is 6. The first-order valence-electron chi connectivity index (χ1n) is 9.69. The van der Waals surface area contributed by atoms with Gasteiger partial charge in [-0.15, -0.1) is 0 Å². The Kier molecular flexibility index (Phi) is 6.15. The summed E-state index contributed by atoms with van der Waals surface area (Å²) in [6, 6.07) is 13.3. The molecule has 1 aliphatic rings. The lowest BCUT2D eigenvalue weighted by molar-refractivity contribution is -0.117. The van der Waals surface area contributed by atoms with E-state index >= 15 is 0 Å². The molecule has 1 aromatic heterocycles. The number of nitrogens with zero attached hydrogens (tertiary/aromatic N) is 5. The van der Waals surface area contributed by atoms with Crippen LogP contribution in [0, 0.1) is 0 Å². The molecule has 4 rings (SSSR count). The summed E-state index contributed by atoms with van der Waals surface area (Å²) in [7, 11) is 1.68. The topological polar surface area (TPSA) is 75.5 Å². The van der Waals surface area contributed by atoms with E-state index in [1.807, 2.05) is 18.2 Å². The number of benzene rings is 2. The maximum atomic E-state index is 12.7. The first-order chi connectivity index (χ1) is 14.6. The SMILES string of the molecule is COc1ccccc1N1CCN(CC(=O)Nc2cc(Cl)ccc2-n2cncn2)CC1. The maximum Gasteiger partial charge on any atom is 0.238 e. The summed E-state index contributed by atoms with van der Waals surface area (Å²) in [6.45, 7) is 3.54. The van der Waals surface area contributed by atoms with Crippen LogP contribution in [0.15, 0.2) is 55.1 Å². The lowest BCUT2D eigenvalue weighted by Gasteiger charge is -2.36. The molecule has 1 fully saturated rings. The van der Waals surface area contributed by atoms with Crippen molar-refractivity contribution in [3.05, 3.63) is 60.1 Å². The van der Waals surface area contributed by atoms with Crippen LogP contribution in [0.3, 0.4) is 0 Å². The van der Waals surface area contributed by atoms with Gasteiger partial charge in [-0.1, -0.05) is 23.7 Å². The van der Waals surface area contributed by atoms with Gasteiger partial charge in [0, 0.05) is 31.2 Å². The zero-order valence-electron chi connectivity index (χ0n) is 16.7. The number of carbonyl (C=O) groups excluding carboxylic acids is 1. The van der Waals surface area contributed by atoms with Crippen LogP contribution in [0.5, 0.6) is 5.75 Å². The molecule has 0 atom stereocenters. The first kappa shape index (κ1) is 20.2. The predicted molar refractivity (Wildman–Crippen MR) is 117 cm³/mol. The van der Waals surface area contributed by atoms with Crippen molar-refractivity contribution >= 4 is 28.9 Å². The normalized spacial score (nSPS) is 14.5. The van der Waals surface area contributed by atoms with Gasteiger partial charge in [0.1, 0.15) is 18.4 Å². The van der Waals surface area contributed by atoms with E-state index in [4.69, 9.17) is 16.3 Å². The molecule has 156 valence electrons. The van der Waals surface area contributed by atoms with Gasteiger partial charge in [-0.2, -0.15) is 5.10 Å². The number of methoxy groups -OCH3 is 1. The molecule has 0 saturated carbocycles. The number of hydrogen-bond donors (Lipinski definition) is 1. The summed E-state index contributed by atoms with van der Waals surface area (Å²) >= 11 is 6.13. The molecular formula is C21H23ClN6O2. The highest BCUT2D eigenvalue weighted by molar-refractivity contribution is 6.31. The molecule has 8 nitrogen and oxygen atoms in total. The average molecular weight is 427 g/mol. The summed E-state index contributed by atoms with van der Waals surface area (Å²) in [6.07, 6.45) is 3.03. The lowest BCUT2D eigenvalue weighted by Crippen LogP contribution is -2.48. The quantitative estimate of drug-likeness (QED) is 0.653. The van der Waals surface area contributed by atoms with Crippen molar-refractivity contribution < 1.29 is 9.53 Å². The number of anilines is 2. The van der Waals surface area contributed by atoms with Crippen LogP contribution in [0.25, 0.3) is 5.69 Å². The summed E-state index contributed by atoms with van der Waals surface area (Å²) < 4.78 is 7.06. The monoisotopic (exact) mass is 426 g/mol. The summed E-state index contributed by atoms with van der Waals surface area (Å²) in [5.74, 6) is 0.773. The van der Waals surface area contributed by atoms with Gasteiger partial charge in [0.05, 0.1) is 30.7 Å². The van der Waals surface area contributed by atoms with E-state index in [9.17, 15) is 4.79 Å². The van der Waals surface area contributed by atoms with Crippen molar-refractivity contribution in [1.29, 1.82) is 0 Å². The fourth-order valence-electron chi connectivity index (χ4n) is 3.57. The Morgan fingerprint density at radius 1 is 1.13 bits per heavy atom. The molecule has 1 N–H and O–H groups in total. The standard InChI is InChI=1S/C21H23ClN6O2/c1-30-20-5-3-2-4-19(20)27-10-8-26(9-11-27)13-21(29)25-17-12-16(22)6-7-18(17)28-15-23-14-24-28/h2-7,12,14-15H,8-11,13H2,1H3,(H,25,29). The van der Waals surface area contributed by atoms with Crippen LogP contribution in [-0.2, 0) is 4.79 Å². The zero-order valence-corrected chi connectivity index (χ0v) is 17.4. The van der Waals surface area contributed by atoms with Gasteiger partial charge < -0.3 is 15.0 Å². The van der Waals surface area contributed by atoms with Gasteiger partial charge in [0.15, 0.2) is 0 Å². The summed E-state index contributed by atoms with van der Waals surface area (Å²) in [5, 5.41) is 7.64. The number of amides is 1. The maximum absolute atomic E-state index is 12.7. The van der Waals surface area contributed by atoms with E-state index in [1.165, 1.54) is 6.33 Å². The third-order valence-electron chi connectivity index (χ3n) is 5.06. The minimum atomic E-state index is -0.0932. The molecule has 2 heterocycles. The second kappa shape index (κ2) is 9.15. The molecule has 1 saturated heterocycles. The Labute approximate surface area is 180 Å². The lowest BCUT2D eigenvalue weighted by atomic mass is 10.2. The molecule has 1 amide bonds. The molecule has 0 aliphatic carbocycles. The molecule has 0 unspecified atom stereocenters. The van der Waals surface area contributed by atoms with Gasteiger partial charge in [-0.05, 0) is 30.3 Å². The fraction of sp³-hybridized carbons (Fsp3) is 0.286. The Balaban J connectivity index is 1.37. The number of halogens is 1. The first-order valence-corrected chi connectivity index (χ1v) is 10.1. The van der Waals surface area contributed by atoms with Gasteiger partial charge >= 0.3 is 0 Å². The van der Waals surface area contributed by atoms with Crippen LogP contribution < -0.4 is 15.0 Å². The molecule has 1 aliphatic heterocycles. The molecule has 0 bridgehead atoms. The Hall–Kier alpha value is -3.10. The number of piperazine rings is 1. The Morgan fingerprint density at radius 3 is 2.67 bits per heavy atom. The van der Waals surface area contributed by atoms with Crippen molar-refractivity contribution in [3.8, 4) is 11.4 Å². The highest BCUT2D eigenvalue weighted by Gasteiger charge is 2.21. The van der Waals surface area contributed by atoms with E-state index in [0.717, 1.165) is 37.6 Å². The van der Waals surface area contributed by atoms with Crippen LogP contribution in [-0.4, -0.2) is 65.4 Å². The highest BCUT2D eigenvalue weighted by atomic mass is 35.5. The molecule has 0 spiro atoms. The van der Waals surface area contributed by atoms with Gasteiger partial charge in [0.2, 0.25) is 5.91 Å². The van der Waals surface area contributed by atoms with Crippen molar-refractivity contribution in [2.75, 3.05) is 50.1 Å². The zero-order chi connectivity index (χ0) is 20.9. The number of para-hydroxylation sites is 2. The minimum absolute atomic E-state index is 0.0932. The molecule has 9 heteroatoms. The van der Waals surface area contributed by atoms with E-state index in [0.29, 0.717) is 22.9 Å². The number of nitrogens with one attached hydrogen (secondary N) is 1. The third-order valence-corrected chi connectivity index (χ3v) is 5.30. The fourth-order valence-corrected chi connectivity index (χ4v) is 3.74. The van der Waals surface area contributed by atoms with Gasteiger partial charge in [-0.25, -0.2) is 9.67 Å². The Bertz CT molecular complexity index is 1000. The summed E-state index contributed by atoms with van der Waals surface area (Å²) in [5.41, 5.74) is 2.40. The van der Waals surface area contributed by atoms with E-state index in [2.05, 4.69) is 31.3 Å². The molecule has 0 radical (unpaired) electrons. The smallest absolute Gasteiger partial charge is 0.238 e.